The molecule has 29 heavy (non-hydrogen) atoms. The Labute approximate surface area is 169 Å². The smallest absolute Gasteiger partial charge is 0.411 e. The standard InChI is InChI=1S/C23H22N2O4/c1-25(23(28)29)19-14-10-17(11-15-19)7-6-16-8-12-18(13-9-16)24-21-5-3-2-4-20(21)22(26)27/h2-5,8-15,24H,6-7H2,1H3,(H,26,27)(H,28,29). The predicted molar refractivity (Wildman–Crippen MR) is 113 cm³/mol. The van der Waals surface area contributed by atoms with Crippen LogP contribution in [0.5, 0.6) is 0 Å². The lowest BCUT2D eigenvalue weighted by Gasteiger charge is -2.13. The fourth-order valence-corrected chi connectivity index (χ4v) is 2.97. The molecule has 0 saturated heterocycles. The van der Waals surface area contributed by atoms with Gasteiger partial charge in [-0.05, 0) is 60.4 Å². The van der Waals surface area contributed by atoms with E-state index in [-0.39, 0.29) is 5.56 Å². The highest BCUT2D eigenvalue weighted by Crippen LogP contribution is 2.22. The number of anilines is 3. The topological polar surface area (TPSA) is 89.9 Å². The number of aromatic carboxylic acids is 1. The first kappa shape index (κ1) is 19.9. The number of carboxylic acids is 1. The number of hydrogen-bond donors (Lipinski definition) is 3. The molecule has 0 radical (unpaired) electrons. The van der Waals surface area contributed by atoms with Crippen LogP contribution in [-0.4, -0.2) is 29.3 Å². The summed E-state index contributed by atoms with van der Waals surface area (Å²) < 4.78 is 0. The van der Waals surface area contributed by atoms with Crippen LogP contribution >= 0.6 is 0 Å². The highest BCUT2D eigenvalue weighted by Gasteiger charge is 2.09. The Hall–Kier alpha value is -3.80. The van der Waals surface area contributed by atoms with Crippen LogP contribution in [0, 0.1) is 0 Å². The van der Waals surface area contributed by atoms with E-state index in [2.05, 4.69) is 5.32 Å². The van der Waals surface area contributed by atoms with Gasteiger partial charge in [0.1, 0.15) is 0 Å². The van der Waals surface area contributed by atoms with Gasteiger partial charge in [-0.1, -0.05) is 36.4 Å². The SMILES string of the molecule is CN(C(=O)O)c1ccc(CCc2ccc(Nc3ccccc3C(=O)O)cc2)cc1. The van der Waals surface area contributed by atoms with Crippen molar-refractivity contribution in [3.05, 3.63) is 89.5 Å². The van der Waals surface area contributed by atoms with Gasteiger partial charge >= 0.3 is 12.1 Å². The molecule has 148 valence electrons. The molecule has 6 heteroatoms. The fourth-order valence-electron chi connectivity index (χ4n) is 2.97. The summed E-state index contributed by atoms with van der Waals surface area (Å²) in [6, 6.07) is 22.2. The lowest BCUT2D eigenvalue weighted by molar-refractivity contribution is 0.0698. The number of nitrogens with one attached hydrogen (secondary N) is 1. The van der Waals surface area contributed by atoms with E-state index in [0.29, 0.717) is 11.4 Å². The summed E-state index contributed by atoms with van der Waals surface area (Å²) in [5, 5.41) is 21.4. The minimum Gasteiger partial charge on any atom is -0.478 e. The Bertz CT molecular complexity index is 998. The number of amides is 1. The van der Waals surface area contributed by atoms with Gasteiger partial charge in [-0.2, -0.15) is 0 Å². The molecule has 0 saturated carbocycles. The summed E-state index contributed by atoms with van der Waals surface area (Å²) in [7, 11) is 1.52. The van der Waals surface area contributed by atoms with Crippen molar-refractivity contribution < 1.29 is 19.8 Å². The number of nitrogens with zero attached hydrogens (tertiary/aromatic N) is 1. The Balaban J connectivity index is 1.60. The highest BCUT2D eigenvalue weighted by molar-refractivity contribution is 5.95. The van der Waals surface area contributed by atoms with Gasteiger partial charge in [0.2, 0.25) is 0 Å². The molecule has 0 spiro atoms. The Morgan fingerprint density at radius 1 is 0.828 bits per heavy atom. The Morgan fingerprint density at radius 3 is 1.93 bits per heavy atom. The zero-order valence-electron chi connectivity index (χ0n) is 16.0. The van der Waals surface area contributed by atoms with Crippen molar-refractivity contribution >= 4 is 29.1 Å². The summed E-state index contributed by atoms with van der Waals surface area (Å²) in [5.41, 5.74) is 4.54. The van der Waals surface area contributed by atoms with Crippen molar-refractivity contribution in [2.45, 2.75) is 12.8 Å². The molecule has 3 N–H and O–H groups in total. The average Bonchev–Trinajstić information content (AvgIpc) is 2.73. The van der Waals surface area contributed by atoms with Gasteiger partial charge in [-0.15, -0.1) is 0 Å². The van der Waals surface area contributed by atoms with E-state index < -0.39 is 12.1 Å². The third kappa shape index (κ3) is 5.13. The van der Waals surface area contributed by atoms with Crippen LogP contribution in [0.3, 0.4) is 0 Å². The molecule has 0 aliphatic heterocycles. The molecule has 0 aliphatic rings. The molecule has 0 atom stereocenters. The van der Waals surface area contributed by atoms with Gasteiger partial charge in [-0.3, -0.25) is 4.90 Å². The lowest BCUT2D eigenvalue weighted by Crippen LogP contribution is -2.23. The molecule has 6 nitrogen and oxygen atoms in total. The van der Waals surface area contributed by atoms with Gasteiger partial charge < -0.3 is 15.5 Å². The van der Waals surface area contributed by atoms with Crippen LogP contribution in [0.15, 0.2) is 72.8 Å². The number of benzene rings is 3. The maximum Gasteiger partial charge on any atom is 0.411 e. The number of para-hydroxylation sites is 1. The normalized spacial score (nSPS) is 10.4. The largest absolute Gasteiger partial charge is 0.478 e. The maximum absolute atomic E-state index is 11.3. The molecule has 0 bridgehead atoms. The van der Waals surface area contributed by atoms with Gasteiger partial charge in [0.25, 0.3) is 0 Å². The number of hydrogen-bond acceptors (Lipinski definition) is 3. The molecular formula is C23H22N2O4. The van der Waals surface area contributed by atoms with Crippen LogP contribution in [0.1, 0.15) is 21.5 Å². The second kappa shape index (κ2) is 8.93. The van der Waals surface area contributed by atoms with Gasteiger partial charge in [0.05, 0.1) is 11.3 Å². The molecular weight excluding hydrogens is 368 g/mol. The van der Waals surface area contributed by atoms with Crippen molar-refractivity contribution in [3.63, 3.8) is 0 Å². The van der Waals surface area contributed by atoms with E-state index in [1.54, 1.807) is 36.4 Å². The van der Waals surface area contributed by atoms with Crippen LogP contribution in [0.2, 0.25) is 0 Å². The first-order valence-electron chi connectivity index (χ1n) is 9.18. The quantitative estimate of drug-likeness (QED) is 0.527. The number of carboxylic acid groups (broad SMARTS) is 2. The molecule has 0 heterocycles. The molecule has 3 aromatic rings. The average molecular weight is 390 g/mol. The molecule has 0 unspecified atom stereocenters. The van der Waals surface area contributed by atoms with E-state index >= 15 is 0 Å². The number of aryl methyl sites for hydroxylation is 2. The Morgan fingerprint density at radius 2 is 1.38 bits per heavy atom. The predicted octanol–water partition coefficient (Wildman–Crippen LogP) is 5.03. The maximum atomic E-state index is 11.3. The molecule has 1 amide bonds. The van der Waals surface area contributed by atoms with Crippen molar-refractivity contribution in [1.82, 2.24) is 0 Å². The molecule has 3 rings (SSSR count). The van der Waals surface area contributed by atoms with Crippen LogP contribution < -0.4 is 10.2 Å². The summed E-state index contributed by atoms with van der Waals surface area (Å²) in [5.74, 6) is -0.967. The third-order valence-corrected chi connectivity index (χ3v) is 4.70. The van der Waals surface area contributed by atoms with E-state index in [9.17, 15) is 14.7 Å². The first-order valence-corrected chi connectivity index (χ1v) is 9.18. The van der Waals surface area contributed by atoms with Crippen LogP contribution in [0.25, 0.3) is 0 Å². The zero-order chi connectivity index (χ0) is 20.8. The minimum atomic E-state index is -0.988. The van der Waals surface area contributed by atoms with E-state index in [4.69, 9.17) is 5.11 Å². The van der Waals surface area contributed by atoms with E-state index in [0.717, 1.165) is 29.7 Å². The van der Waals surface area contributed by atoms with Crippen molar-refractivity contribution in [2.75, 3.05) is 17.3 Å². The van der Waals surface area contributed by atoms with Gasteiger partial charge in [0, 0.05) is 18.4 Å². The summed E-state index contributed by atoms with van der Waals surface area (Å²) >= 11 is 0. The molecule has 0 fully saturated rings. The summed E-state index contributed by atoms with van der Waals surface area (Å²) in [6.45, 7) is 0. The Kier molecular flexibility index (Phi) is 6.14. The second-order valence-electron chi connectivity index (χ2n) is 6.68. The molecule has 3 aromatic carbocycles. The van der Waals surface area contributed by atoms with Crippen molar-refractivity contribution in [3.8, 4) is 0 Å². The summed E-state index contributed by atoms with van der Waals surface area (Å²) in [4.78, 5) is 23.5. The lowest BCUT2D eigenvalue weighted by atomic mass is 10.0. The number of carbonyl (C=O) groups is 2. The summed E-state index contributed by atoms with van der Waals surface area (Å²) in [6.07, 6.45) is 0.698. The van der Waals surface area contributed by atoms with E-state index in [1.165, 1.54) is 11.9 Å². The third-order valence-electron chi connectivity index (χ3n) is 4.70. The fraction of sp³-hybridized carbons (Fsp3) is 0.130. The first-order chi connectivity index (χ1) is 13.9. The molecule has 0 aliphatic carbocycles. The van der Waals surface area contributed by atoms with Crippen molar-refractivity contribution in [1.29, 1.82) is 0 Å². The second-order valence-corrected chi connectivity index (χ2v) is 6.68. The van der Waals surface area contributed by atoms with Gasteiger partial charge in [-0.25, -0.2) is 9.59 Å². The van der Waals surface area contributed by atoms with Crippen LogP contribution in [-0.2, 0) is 12.8 Å². The van der Waals surface area contributed by atoms with Gasteiger partial charge in [0.15, 0.2) is 0 Å². The van der Waals surface area contributed by atoms with Crippen molar-refractivity contribution in [2.24, 2.45) is 0 Å². The van der Waals surface area contributed by atoms with E-state index in [1.807, 2.05) is 36.4 Å². The monoisotopic (exact) mass is 390 g/mol. The molecule has 0 aromatic heterocycles. The minimum absolute atomic E-state index is 0.230. The highest BCUT2D eigenvalue weighted by atomic mass is 16.4. The number of rotatable bonds is 7. The zero-order valence-corrected chi connectivity index (χ0v) is 16.0. The van der Waals surface area contributed by atoms with Crippen LogP contribution in [0.4, 0.5) is 21.9 Å².